The summed E-state index contributed by atoms with van der Waals surface area (Å²) < 4.78 is 54.2. The summed E-state index contributed by atoms with van der Waals surface area (Å²) in [5.41, 5.74) is 0.538. The van der Waals surface area contributed by atoms with Crippen molar-refractivity contribution in [1.29, 1.82) is 0 Å². The number of alkyl halides is 3. The molecule has 4 aromatic rings. The van der Waals surface area contributed by atoms with E-state index in [0.29, 0.717) is 35.6 Å². The SMILES string of the molecule is O=c1c(-c2ccc(Br)cc2)c(C(F)(F)F)oc2c3c(ccc12)OCN(CCCc1ccccc1)C3. The second-order valence-corrected chi connectivity index (χ2v) is 9.39. The lowest BCUT2D eigenvalue weighted by Crippen LogP contribution is -2.33. The van der Waals surface area contributed by atoms with Crippen LogP contribution in [0.5, 0.6) is 5.75 Å². The topological polar surface area (TPSA) is 42.7 Å². The first-order valence-corrected chi connectivity index (χ1v) is 12.0. The van der Waals surface area contributed by atoms with Crippen LogP contribution in [-0.2, 0) is 19.1 Å². The number of hydrogen-bond donors (Lipinski definition) is 0. The fraction of sp³-hybridized carbons (Fsp3) is 0.222. The first kappa shape index (κ1) is 23.6. The lowest BCUT2D eigenvalue weighted by Gasteiger charge is -2.29. The highest BCUT2D eigenvalue weighted by Gasteiger charge is 2.40. The van der Waals surface area contributed by atoms with Gasteiger partial charge < -0.3 is 9.15 Å². The number of fused-ring (bicyclic) bond motifs is 3. The third-order valence-corrected chi connectivity index (χ3v) is 6.61. The minimum atomic E-state index is -4.84. The largest absolute Gasteiger partial charge is 0.478 e. The molecule has 180 valence electrons. The molecule has 0 fully saturated rings. The third-order valence-electron chi connectivity index (χ3n) is 6.08. The van der Waals surface area contributed by atoms with Gasteiger partial charge in [0, 0.05) is 17.6 Å². The van der Waals surface area contributed by atoms with E-state index >= 15 is 0 Å². The van der Waals surface area contributed by atoms with Gasteiger partial charge >= 0.3 is 6.18 Å². The van der Waals surface area contributed by atoms with E-state index in [9.17, 15) is 18.0 Å². The van der Waals surface area contributed by atoms with Crippen LogP contribution >= 0.6 is 15.9 Å². The molecule has 4 nitrogen and oxygen atoms in total. The van der Waals surface area contributed by atoms with Gasteiger partial charge in [-0.3, -0.25) is 9.69 Å². The zero-order chi connectivity index (χ0) is 24.6. The molecule has 0 amide bonds. The lowest BCUT2D eigenvalue weighted by atomic mass is 10.00. The lowest BCUT2D eigenvalue weighted by molar-refractivity contribution is -0.152. The summed E-state index contributed by atoms with van der Waals surface area (Å²) in [6, 6.07) is 19.3. The predicted molar refractivity (Wildman–Crippen MR) is 131 cm³/mol. The molecule has 5 rings (SSSR count). The maximum absolute atomic E-state index is 14.1. The molecule has 0 saturated carbocycles. The van der Waals surface area contributed by atoms with E-state index in [-0.39, 0.29) is 16.5 Å². The first-order chi connectivity index (χ1) is 16.8. The molecule has 0 N–H and O–H groups in total. The van der Waals surface area contributed by atoms with Crippen LogP contribution in [0.25, 0.3) is 22.1 Å². The van der Waals surface area contributed by atoms with E-state index in [2.05, 4.69) is 28.1 Å². The quantitative estimate of drug-likeness (QED) is 0.271. The molecule has 0 aliphatic carbocycles. The summed E-state index contributed by atoms with van der Waals surface area (Å²) in [7, 11) is 0. The number of aryl methyl sites for hydroxylation is 1. The van der Waals surface area contributed by atoms with Crippen molar-refractivity contribution in [2.24, 2.45) is 0 Å². The normalized spacial score (nSPS) is 14.1. The maximum atomic E-state index is 14.1. The van der Waals surface area contributed by atoms with Crippen LogP contribution < -0.4 is 10.2 Å². The molecule has 1 aliphatic heterocycles. The molecule has 0 saturated heterocycles. The van der Waals surface area contributed by atoms with Crippen molar-refractivity contribution in [3.8, 4) is 16.9 Å². The van der Waals surface area contributed by atoms with Crippen LogP contribution in [0.1, 0.15) is 23.3 Å². The fourth-order valence-electron chi connectivity index (χ4n) is 4.38. The van der Waals surface area contributed by atoms with Crippen molar-refractivity contribution >= 4 is 26.9 Å². The van der Waals surface area contributed by atoms with Crippen molar-refractivity contribution in [3.05, 3.63) is 98.3 Å². The monoisotopic (exact) mass is 543 g/mol. The second-order valence-electron chi connectivity index (χ2n) is 8.47. The van der Waals surface area contributed by atoms with Gasteiger partial charge in [-0.15, -0.1) is 0 Å². The molecule has 0 bridgehead atoms. The van der Waals surface area contributed by atoms with Gasteiger partial charge in [-0.2, -0.15) is 13.2 Å². The molecule has 0 atom stereocenters. The van der Waals surface area contributed by atoms with Gasteiger partial charge in [0.05, 0.1) is 16.5 Å². The van der Waals surface area contributed by atoms with Crippen LogP contribution in [0.4, 0.5) is 13.2 Å². The number of nitrogens with zero attached hydrogens (tertiary/aromatic N) is 1. The Morgan fingerprint density at radius 2 is 1.71 bits per heavy atom. The molecular formula is C27H21BrF3NO3. The summed E-state index contributed by atoms with van der Waals surface area (Å²) in [6.07, 6.45) is -3.11. The van der Waals surface area contributed by atoms with E-state index in [1.165, 1.54) is 23.8 Å². The average Bonchev–Trinajstić information content (AvgIpc) is 2.84. The van der Waals surface area contributed by atoms with Gasteiger partial charge in [-0.25, -0.2) is 0 Å². The van der Waals surface area contributed by atoms with Gasteiger partial charge in [0.15, 0.2) is 0 Å². The Labute approximate surface area is 208 Å². The number of ether oxygens (including phenoxy) is 1. The van der Waals surface area contributed by atoms with Crippen LogP contribution in [0.15, 0.2) is 80.4 Å². The van der Waals surface area contributed by atoms with Gasteiger partial charge in [-0.1, -0.05) is 58.4 Å². The number of rotatable bonds is 5. The molecule has 3 aromatic carbocycles. The summed E-state index contributed by atoms with van der Waals surface area (Å²) in [4.78, 5) is 15.4. The highest BCUT2D eigenvalue weighted by atomic mass is 79.9. The minimum Gasteiger partial charge on any atom is -0.478 e. The van der Waals surface area contributed by atoms with Gasteiger partial charge in [-0.05, 0) is 48.2 Å². The highest BCUT2D eigenvalue weighted by Crippen LogP contribution is 2.40. The second kappa shape index (κ2) is 9.51. The van der Waals surface area contributed by atoms with E-state index < -0.39 is 22.9 Å². The molecule has 8 heteroatoms. The van der Waals surface area contributed by atoms with Gasteiger partial charge in [0.2, 0.25) is 11.2 Å². The summed E-state index contributed by atoms with van der Waals surface area (Å²) in [5, 5.41) is 0.101. The average molecular weight is 544 g/mol. The third kappa shape index (κ3) is 4.86. The van der Waals surface area contributed by atoms with Crippen LogP contribution in [0, 0.1) is 0 Å². The van der Waals surface area contributed by atoms with Crippen LogP contribution in [0.2, 0.25) is 0 Å². The van der Waals surface area contributed by atoms with Crippen LogP contribution in [0.3, 0.4) is 0 Å². The minimum absolute atomic E-state index is 0.0755. The van der Waals surface area contributed by atoms with Gasteiger partial charge in [0.1, 0.15) is 18.1 Å². The number of halogens is 4. The van der Waals surface area contributed by atoms with Crippen molar-refractivity contribution in [2.45, 2.75) is 25.6 Å². The first-order valence-electron chi connectivity index (χ1n) is 11.2. The number of hydrogen-bond acceptors (Lipinski definition) is 4. The summed E-state index contributed by atoms with van der Waals surface area (Å²) in [5.74, 6) is -0.864. The van der Waals surface area contributed by atoms with E-state index in [1.54, 1.807) is 18.2 Å². The molecule has 0 unspecified atom stereocenters. The number of benzene rings is 3. The molecule has 0 radical (unpaired) electrons. The highest BCUT2D eigenvalue weighted by molar-refractivity contribution is 9.10. The van der Waals surface area contributed by atoms with Crippen molar-refractivity contribution < 1.29 is 22.3 Å². The fourth-order valence-corrected chi connectivity index (χ4v) is 4.65. The molecule has 1 aliphatic rings. The smallest absolute Gasteiger partial charge is 0.450 e. The summed E-state index contributed by atoms with van der Waals surface area (Å²) >= 11 is 3.27. The van der Waals surface area contributed by atoms with Crippen molar-refractivity contribution in [1.82, 2.24) is 4.90 Å². The Hall–Kier alpha value is -3.10. The van der Waals surface area contributed by atoms with E-state index in [4.69, 9.17) is 9.15 Å². The van der Waals surface area contributed by atoms with Crippen LogP contribution in [-0.4, -0.2) is 18.2 Å². The van der Waals surface area contributed by atoms with Crippen molar-refractivity contribution in [3.63, 3.8) is 0 Å². The van der Waals surface area contributed by atoms with E-state index in [0.717, 1.165) is 12.8 Å². The Bertz CT molecular complexity index is 1420. The standard InChI is InChI=1S/C27H21BrF3NO3/c28-19-10-8-18(9-11-19)23-24(33)20-12-13-22-21(25(20)35-26(23)27(29,30)31)15-32(16-34-22)14-4-7-17-5-2-1-3-6-17/h1-3,5-6,8-13H,4,7,14-16H2. The van der Waals surface area contributed by atoms with Crippen molar-refractivity contribution in [2.75, 3.05) is 13.3 Å². The molecular weight excluding hydrogens is 523 g/mol. The zero-order valence-corrected chi connectivity index (χ0v) is 20.2. The Morgan fingerprint density at radius 1 is 0.971 bits per heavy atom. The summed E-state index contributed by atoms with van der Waals surface area (Å²) in [6.45, 7) is 1.35. The van der Waals surface area contributed by atoms with E-state index in [1.807, 2.05) is 23.1 Å². The predicted octanol–water partition coefficient (Wildman–Crippen LogP) is 7.03. The molecule has 1 aromatic heterocycles. The van der Waals surface area contributed by atoms with Gasteiger partial charge in [0.25, 0.3) is 0 Å². The molecule has 2 heterocycles. The molecule has 0 spiro atoms. The zero-order valence-electron chi connectivity index (χ0n) is 18.6. The Kier molecular flexibility index (Phi) is 6.42. The molecule has 35 heavy (non-hydrogen) atoms. The Morgan fingerprint density at radius 3 is 2.43 bits per heavy atom. The Balaban J connectivity index is 1.52. The maximum Gasteiger partial charge on any atom is 0.450 e.